The van der Waals surface area contributed by atoms with Crippen LogP contribution < -0.4 is 10.6 Å². The number of benzene rings is 1. The van der Waals surface area contributed by atoms with Gasteiger partial charge >= 0.3 is 0 Å². The highest BCUT2D eigenvalue weighted by atomic mass is 15.2. The minimum atomic E-state index is 0.773. The molecule has 2 heteroatoms. The number of anilines is 2. The number of hydrogen-bond acceptors (Lipinski definition) is 2. The SMILES string of the molecule is Nc1ccc2c(c1)CCCN2C1CCCCCC1. The second-order valence-electron chi connectivity index (χ2n) is 5.83. The maximum absolute atomic E-state index is 5.91. The van der Waals surface area contributed by atoms with Gasteiger partial charge in [-0.2, -0.15) is 0 Å². The van der Waals surface area contributed by atoms with E-state index in [0.29, 0.717) is 0 Å². The predicted octanol–water partition coefficient (Wildman–Crippen LogP) is 3.74. The Balaban J connectivity index is 1.85. The number of nitrogens with zero attached hydrogens (tertiary/aromatic N) is 1. The zero-order chi connectivity index (χ0) is 12.4. The lowest BCUT2D eigenvalue weighted by atomic mass is 9.97. The maximum Gasteiger partial charge on any atom is 0.0402 e. The summed E-state index contributed by atoms with van der Waals surface area (Å²) in [5.74, 6) is 0. The van der Waals surface area contributed by atoms with Gasteiger partial charge in [0, 0.05) is 24.0 Å². The van der Waals surface area contributed by atoms with E-state index in [1.54, 1.807) is 0 Å². The van der Waals surface area contributed by atoms with Gasteiger partial charge in [-0.1, -0.05) is 25.7 Å². The van der Waals surface area contributed by atoms with Crippen LogP contribution in [0.1, 0.15) is 50.5 Å². The van der Waals surface area contributed by atoms with Crippen LogP contribution in [-0.4, -0.2) is 12.6 Å². The first-order valence-electron chi connectivity index (χ1n) is 7.49. The van der Waals surface area contributed by atoms with Crippen LogP contribution in [-0.2, 0) is 6.42 Å². The number of fused-ring (bicyclic) bond motifs is 1. The molecular formula is C16H24N2. The van der Waals surface area contributed by atoms with Crippen LogP contribution in [0.15, 0.2) is 18.2 Å². The molecule has 2 aliphatic rings. The van der Waals surface area contributed by atoms with Crippen molar-refractivity contribution in [2.45, 2.75) is 57.4 Å². The van der Waals surface area contributed by atoms with E-state index in [9.17, 15) is 0 Å². The van der Waals surface area contributed by atoms with Crippen LogP contribution >= 0.6 is 0 Å². The van der Waals surface area contributed by atoms with Crippen molar-refractivity contribution in [3.63, 3.8) is 0 Å². The summed E-state index contributed by atoms with van der Waals surface area (Å²) >= 11 is 0. The average Bonchev–Trinajstić information content (AvgIpc) is 2.66. The van der Waals surface area contributed by atoms with E-state index in [-0.39, 0.29) is 0 Å². The zero-order valence-corrected chi connectivity index (χ0v) is 11.2. The minimum absolute atomic E-state index is 0.773. The second kappa shape index (κ2) is 5.21. The Hall–Kier alpha value is -1.18. The Bertz CT molecular complexity index is 406. The number of aryl methyl sites for hydroxylation is 1. The molecule has 1 aliphatic carbocycles. The molecular weight excluding hydrogens is 220 g/mol. The number of nitrogen functional groups attached to an aromatic ring is 1. The Morgan fingerprint density at radius 1 is 1.00 bits per heavy atom. The third kappa shape index (κ3) is 2.33. The first-order chi connectivity index (χ1) is 8.84. The molecule has 1 heterocycles. The van der Waals surface area contributed by atoms with Crippen molar-refractivity contribution in [2.75, 3.05) is 17.2 Å². The Kier molecular flexibility index (Phi) is 3.44. The van der Waals surface area contributed by atoms with Gasteiger partial charge in [-0.3, -0.25) is 0 Å². The molecule has 0 aromatic heterocycles. The van der Waals surface area contributed by atoms with Crippen molar-refractivity contribution < 1.29 is 0 Å². The van der Waals surface area contributed by atoms with Gasteiger partial charge < -0.3 is 10.6 Å². The molecule has 2 N–H and O–H groups in total. The lowest BCUT2D eigenvalue weighted by Gasteiger charge is -2.38. The quantitative estimate of drug-likeness (QED) is 0.602. The molecule has 0 unspecified atom stereocenters. The molecule has 18 heavy (non-hydrogen) atoms. The molecule has 0 spiro atoms. The van der Waals surface area contributed by atoms with Crippen molar-refractivity contribution in [2.24, 2.45) is 0 Å². The minimum Gasteiger partial charge on any atom is -0.399 e. The van der Waals surface area contributed by atoms with Crippen LogP contribution in [0, 0.1) is 0 Å². The van der Waals surface area contributed by atoms with Crippen LogP contribution in [0.3, 0.4) is 0 Å². The van der Waals surface area contributed by atoms with Crippen molar-refractivity contribution in [1.29, 1.82) is 0 Å². The predicted molar refractivity (Wildman–Crippen MR) is 78.0 cm³/mol. The standard InChI is InChI=1S/C16H24N2/c17-14-9-10-16-13(12-14)6-5-11-18(16)15-7-3-1-2-4-8-15/h9-10,12,15H,1-8,11,17H2. The molecule has 0 amide bonds. The fraction of sp³-hybridized carbons (Fsp3) is 0.625. The molecule has 1 aromatic carbocycles. The topological polar surface area (TPSA) is 29.3 Å². The van der Waals surface area contributed by atoms with E-state index < -0.39 is 0 Å². The van der Waals surface area contributed by atoms with Gasteiger partial charge in [0.1, 0.15) is 0 Å². The zero-order valence-electron chi connectivity index (χ0n) is 11.2. The van der Waals surface area contributed by atoms with Crippen LogP contribution in [0.2, 0.25) is 0 Å². The summed E-state index contributed by atoms with van der Waals surface area (Å²) in [5.41, 5.74) is 9.75. The highest BCUT2D eigenvalue weighted by Crippen LogP contribution is 2.33. The summed E-state index contributed by atoms with van der Waals surface area (Å²) in [6.07, 6.45) is 10.9. The summed E-state index contributed by atoms with van der Waals surface area (Å²) in [7, 11) is 0. The van der Waals surface area contributed by atoms with Crippen molar-refractivity contribution >= 4 is 11.4 Å². The highest BCUT2D eigenvalue weighted by molar-refractivity contribution is 5.61. The number of nitrogens with two attached hydrogens (primary N) is 1. The molecule has 0 saturated heterocycles. The van der Waals surface area contributed by atoms with Gasteiger partial charge in [-0.15, -0.1) is 0 Å². The summed E-state index contributed by atoms with van der Waals surface area (Å²) in [6, 6.07) is 7.26. The van der Waals surface area contributed by atoms with E-state index in [1.807, 2.05) is 0 Å². The van der Waals surface area contributed by atoms with Gasteiger partial charge in [0.05, 0.1) is 0 Å². The number of rotatable bonds is 1. The Morgan fingerprint density at radius 3 is 2.56 bits per heavy atom. The number of hydrogen-bond donors (Lipinski definition) is 1. The van der Waals surface area contributed by atoms with E-state index in [2.05, 4.69) is 23.1 Å². The Labute approximate surface area is 110 Å². The van der Waals surface area contributed by atoms with Gasteiger partial charge in [-0.05, 0) is 49.4 Å². The Morgan fingerprint density at radius 2 is 1.78 bits per heavy atom. The molecule has 0 radical (unpaired) electrons. The van der Waals surface area contributed by atoms with Crippen molar-refractivity contribution in [1.82, 2.24) is 0 Å². The smallest absolute Gasteiger partial charge is 0.0402 e. The lowest BCUT2D eigenvalue weighted by molar-refractivity contribution is 0.506. The third-order valence-electron chi connectivity index (χ3n) is 4.52. The molecule has 2 nitrogen and oxygen atoms in total. The van der Waals surface area contributed by atoms with Crippen LogP contribution in [0.4, 0.5) is 11.4 Å². The molecule has 1 fully saturated rings. The van der Waals surface area contributed by atoms with Gasteiger partial charge in [0.2, 0.25) is 0 Å². The normalized spacial score (nSPS) is 21.4. The summed E-state index contributed by atoms with van der Waals surface area (Å²) in [6.45, 7) is 1.24. The van der Waals surface area contributed by atoms with E-state index in [0.717, 1.165) is 11.7 Å². The molecule has 1 saturated carbocycles. The van der Waals surface area contributed by atoms with E-state index >= 15 is 0 Å². The first-order valence-corrected chi connectivity index (χ1v) is 7.49. The molecule has 1 aromatic rings. The first kappa shape index (κ1) is 11.9. The third-order valence-corrected chi connectivity index (χ3v) is 4.52. The van der Waals surface area contributed by atoms with Gasteiger partial charge in [-0.25, -0.2) is 0 Å². The summed E-state index contributed by atoms with van der Waals surface area (Å²) in [4.78, 5) is 2.67. The largest absolute Gasteiger partial charge is 0.399 e. The summed E-state index contributed by atoms with van der Waals surface area (Å²) < 4.78 is 0. The lowest BCUT2D eigenvalue weighted by Crippen LogP contribution is -2.38. The van der Waals surface area contributed by atoms with Crippen LogP contribution in [0.25, 0.3) is 0 Å². The molecule has 0 bridgehead atoms. The molecule has 98 valence electrons. The molecule has 1 aliphatic heterocycles. The summed E-state index contributed by atoms with van der Waals surface area (Å²) in [5, 5.41) is 0. The molecule has 0 atom stereocenters. The fourth-order valence-corrected chi connectivity index (χ4v) is 3.59. The van der Waals surface area contributed by atoms with E-state index in [1.165, 1.54) is 69.2 Å². The fourth-order valence-electron chi connectivity index (χ4n) is 3.59. The average molecular weight is 244 g/mol. The highest BCUT2D eigenvalue weighted by Gasteiger charge is 2.24. The van der Waals surface area contributed by atoms with Crippen molar-refractivity contribution in [3.8, 4) is 0 Å². The maximum atomic E-state index is 5.91. The second-order valence-corrected chi connectivity index (χ2v) is 5.83. The van der Waals surface area contributed by atoms with Crippen LogP contribution in [0.5, 0.6) is 0 Å². The van der Waals surface area contributed by atoms with Gasteiger partial charge in [0.25, 0.3) is 0 Å². The monoisotopic (exact) mass is 244 g/mol. The molecule has 3 rings (SSSR count). The van der Waals surface area contributed by atoms with E-state index in [4.69, 9.17) is 5.73 Å². The van der Waals surface area contributed by atoms with Gasteiger partial charge in [0.15, 0.2) is 0 Å². The van der Waals surface area contributed by atoms with Crippen molar-refractivity contribution in [3.05, 3.63) is 23.8 Å².